The summed E-state index contributed by atoms with van der Waals surface area (Å²) < 4.78 is 0.179. The Hall–Kier alpha value is -0.580. The SMILES string of the molecule is CCCNC(=O)CNC(=O)C12CC3CC(CC(Br)(C3)C1)C2. The van der Waals surface area contributed by atoms with Gasteiger partial charge >= 0.3 is 0 Å². The van der Waals surface area contributed by atoms with E-state index in [1.54, 1.807) is 0 Å². The van der Waals surface area contributed by atoms with Crippen molar-refractivity contribution >= 4 is 27.7 Å². The third-order valence-corrected chi connectivity index (χ3v) is 6.38. The van der Waals surface area contributed by atoms with Crippen LogP contribution >= 0.6 is 15.9 Å². The van der Waals surface area contributed by atoms with Crippen LogP contribution in [0.4, 0.5) is 0 Å². The molecule has 4 bridgehead atoms. The fourth-order valence-corrected chi connectivity index (χ4v) is 6.54. The number of alkyl halides is 1. The molecule has 4 aliphatic rings. The molecule has 2 amide bonds. The van der Waals surface area contributed by atoms with Gasteiger partial charge in [0, 0.05) is 10.9 Å². The molecule has 118 valence electrons. The summed E-state index contributed by atoms with van der Waals surface area (Å²) in [5, 5.41) is 5.70. The molecule has 0 saturated heterocycles. The Bertz CT molecular complexity index is 438. The number of carbonyl (C=O) groups excluding carboxylic acids is 2. The van der Waals surface area contributed by atoms with Crippen LogP contribution in [-0.2, 0) is 9.59 Å². The molecule has 4 aliphatic carbocycles. The van der Waals surface area contributed by atoms with E-state index in [0.717, 1.165) is 25.7 Å². The molecule has 2 atom stereocenters. The maximum atomic E-state index is 12.7. The summed E-state index contributed by atoms with van der Waals surface area (Å²) in [6.07, 6.45) is 7.61. The number of hydrogen-bond acceptors (Lipinski definition) is 2. The molecule has 4 nitrogen and oxygen atoms in total. The molecule has 2 N–H and O–H groups in total. The molecular weight excluding hydrogens is 332 g/mol. The molecule has 0 aromatic heterocycles. The normalized spacial score (nSPS) is 40.1. The van der Waals surface area contributed by atoms with E-state index in [0.29, 0.717) is 18.4 Å². The fourth-order valence-electron chi connectivity index (χ4n) is 5.09. The minimum absolute atomic E-state index is 0.0801. The smallest absolute Gasteiger partial charge is 0.239 e. The van der Waals surface area contributed by atoms with E-state index in [9.17, 15) is 9.59 Å². The lowest BCUT2D eigenvalue weighted by Crippen LogP contribution is -2.58. The van der Waals surface area contributed by atoms with Gasteiger partial charge in [0.25, 0.3) is 0 Å². The topological polar surface area (TPSA) is 58.2 Å². The molecular formula is C16H25BrN2O2. The van der Waals surface area contributed by atoms with Crippen LogP contribution < -0.4 is 10.6 Å². The van der Waals surface area contributed by atoms with Gasteiger partial charge in [-0.2, -0.15) is 0 Å². The van der Waals surface area contributed by atoms with Crippen molar-refractivity contribution < 1.29 is 9.59 Å². The molecule has 4 fully saturated rings. The molecule has 4 rings (SSSR count). The van der Waals surface area contributed by atoms with Crippen LogP contribution in [0.2, 0.25) is 0 Å². The molecule has 0 radical (unpaired) electrons. The highest BCUT2D eigenvalue weighted by Crippen LogP contribution is 2.64. The summed E-state index contributed by atoms with van der Waals surface area (Å²) in [5.41, 5.74) is -0.224. The van der Waals surface area contributed by atoms with Gasteiger partial charge < -0.3 is 10.6 Å². The monoisotopic (exact) mass is 356 g/mol. The van der Waals surface area contributed by atoms with E-state index in [-0.39, 0.29) is 28.1 Å². The van der Waals surface area contributed by atoms with E-state index in [1.165, 1.54) is 19.3 Å². The second-order valence-electron chi connectivity index (χ2n) is 7.42. The first kappa shape index (κ1) is 15.3. The van der Waals surface area contributed by atoms with Crippen LogP contribution in [0, 0.1) is 17.3 Å². The van der Waals surface area contributed by atoms with Crippen LogP contribution in [0.3, 0.4) is 0 Å². The highest BCUT2D eigenvalue weighted by molar-refractivity contribution is 9.10. The van der Waals surface area contributed by atoms with Gasteiger partial charge in [-0.05, 0) is 56.8 Å². The van der Waals surface area contributed by atoms with Crippen LogP contribution in [0.25, 0.3) is 0 Å². The van der Waals surface area contributed by atoms with Crippen molar-refractivity contribution in [2.45, 2.75) is 56.2 Å². The lowest BCUT2D eigenvalue weighted by atomic mass is 9.49. The highest BCUT2D eigenvalue weighted by Gasteiger charge is 2.59. The van der Waals surface area contributed by atoms with E-state index < -0.39 is 0 Å². The second kappa shape index (κ2) is 5.56. The third-order valence-electron chi connectivity index (χ3n) is 5.45. The lowest BCUT2D eigenvalue weighted by Gasteiger charge is -2.59. The van der Waals surface area contributed by atoms with Crippen molar-refractivity contribution in [3.05, 3.63) is 0 Å². The largest absolute Gasteiger partial charge is 0.355 e. The standard InChI is InChI=1S/C16H25BrN2O2/c1-2-3-18-13(20)9-19-14(21)15-5-11-4-12(6-15)8-16(17,7-11)10-15/h11-12H,2-10H2,1H3,(H,18,20)(H,19,21). The number of rotatable bonds is 5. The van der Waals surface area contributed by atoms with Crippen molar-refractivity contribution in [2.24, 2.45) is 17.3 Å². The van der Waals surface area contributed by atoms with Gasteiger partial charge in [0.1, 0.15) is 0 Å². The number of hydrogen-bond donors (Lipinski definition) is 2. The van der Waals surface area contributed by atoms with Gasteiger partial charge in [-0.1, -0.05) is 22.9 Å². The van der Waals surface area contributed by atoms with Gasteiger partial charge in [0.05, 0.1) is 12.0 Å². The zero-order chi connectivity index (χ0) is 15.1. The number of amides is 2. The molecule has 0 aromatic rings. The summed E-state index contributed by atoms with van der Waals surface area (Å²) in [6.45, 7) is 2.81. The Balaban J connectivity index is 1.61. The molecule has 0 spiro atoms. The molecule has 0 heterocycles. The predicted octanol–water partition coefficient (Wildman–Crippen LogP) is 2.36. The third kappa shape index (κ3) is 2.99. The second-order valence-corrected chi connectivity index (χ2v) is 9.11. The highest BCUT2D eigenvalue weighted by atomic mass is 79.9. The number of halogens is 1. The summed E-state index contributed by atoms with van der Waals surface area (Å²) in [4.78, 5) is 24.4. The Morgan fingerprint density at radius 3 is 2.38 bits per heavy atom. The van der Waals surface area contributed by atoms with Gasteiger partial charge in [0.15, 0.2) is 0 Å². The lowest BCUT2D eigenvalue weighted by molar-refractivity contribution is -0.145. The summed E-state index contributed by atoms with van der Waals surface area (Å²) in [6, 6.07) is 0. The molecule has 2 unspecified atom stereocenters. The van der Waals surface area contributed by atoms with Gasteiger partial charge in [-0.15, -0.1) is 0 Å². The zero-order valence-corrected chi connectivity index (χ0v) is 14.3. The van der Waals surface area contributed by atoms with Gasteiger partial charge in [-0.25, -0.2) is 0 Å². The number of carbonyl (C=O) groups is 2. The van der Waals surface area contributed by atoms with Crippen LogP contribution in [0.15, 0.2) is 0 Å². The van der Waals surface area contributed by atoms with E-state index in [4.69, 9.17) is 0 Å². The summed E-state index contributed by atoms with van der Waals surface area (Å²) in [5.74, 6) is 1.39. The quantitative estimate of drug-likeness (QED) is 0.743. The van der Waals surface area contributed by atoms with Crippen molar-refractivity contribution in [2.75, 3.05) is 13.1 Å². The van der Waals surface area contributed by atoms with Crippen molar-refractivity contribution in [1.29, 1.82) is 0 Å². The van der Waals surface area contributed by atoms with Crippen molar-refractivity contribution in [3.63, 3.8) is 0 Å². The first-order valence-corrected chi connectivity index (χ1v) is 8.98. The number of nitrogens with one attached hydrogen (secondary N) is 2. The van der Waals surface area contributed by atoms with Crippen molar-refractivity contribution in [1.82, 2.24) is 10.6 Å². The fraction of sp³-hybridized carbons (Fsp3) is 0.875. The van der Waals surface area contributed by atoms with Crippen LogP contribution in [-0.4, -0.2) is 29.2 Å². The average Bonchev–Trinajstić information content (AvgIpc) is 2.39. The minimum atomic E-state index is -0.224. The Labute approximate surface area is 134 Å². The van der Waals surface area contributed by atoms with Gasteiger partial charge in [-0.3, -0.25) is 9.59 Å². The first-order valence-electron chi connectivity index (χ1n) is 8.19. The zero-order valence-electron chi connectivity index (χ0n) is 12.7. The summed E-state index contributed by atoms with van der Waals surface area (Å²) in [7, 11) is 0. The minimum Gasteiger partial charge on any atom is -0.355 e. The maximum Gasteiger partial charge on any atom is 0.239 e. The molecule has 5 heteroatoms. The average molecular weight is 357 g/mol. The summed E-state index contributed by atoms with van der Waals surface area (Å²) >= 11 is 3.92. The molecule has 4 saturated carbocycles. The van der Waals surface area contributed by atoms with Crippen LogP contribution in [0.5, 0.6) is 0 Å². The maximum absolute atomic E-state index is 12.7. The van der Waals surface area contributed by atoms with Crippen molar-refractivity contribution in [3.8, 4) is 0 Å². The molecule has 21 heavy (non-hydrogen) atoms. The Morgan fingerprint density at radius 2 is 1.81 bits per heavy atom. The Morgan fingerprint density at radius 1 is 1.14 bits per heavy atom. The van der Waals surface area contributed by atoms with Gasteiger partial charge in [0.2, 0.25) is 11.8 Å². The first-order chi connectivity index (χ1) is 9.95. The predicted molar refractivity (Wildman–Crippen MR) is 85.1 cm³/mol. The van der Waals surface area contributed by atoms with E-state index >= 15 is 0 Å². The molecule has 0 aromatic carbocycles. The van der Waals surface area contributed by atoms with E-state index in [2.05, 4.69) is 26.6 Å². The van der Waals surface area contributed by atoms with Crippen LogP contribution in [0.1, 0.15) is 51.9 Å². The van der Waals surface area contributed by atoms with E-state index in [1.807, 2.05) is 6.92 Å². The Kier molecular flexibility index (Phi) is 4.06. The molecule has 0 aliphatic heterocycles.